The second-order valence-electron chi connectivity index (χ2n) is 10.7. The Labute approximate surface area is 191 Å². The van der Waals surface area contributed by atoms with Gasteiger partial charge in [0.1, 0.15) is 0 Å². The average molecular weight is 441 g/mol. The quantitative estimate of drug-likeness (QED) is 0.734. The van der Waals surface area contributed by atoms with Crippen LogP contribution in [0.5, 0.6) is 11.5 Å². The monoisotopic (exact) mass is 440 g/mol. The average Bonchev–Trinajstić information content (AvgIpc) is 2.78. The number of hydrogen-bond acceptors (Lipinski definition) is 4. The number of nitrogens with one attached hydrogen (secondary N) is 1. The lowest BCUT2D eigenvalue weighted by Gasteiger charge is -2.56. The van der Waals surface area contributed by atoms with Crippen molar-refractivity contribution in [3.8, 4) is 11.5 Å². The smallest absolute Gasteiger partial charge is 0.226 e. The van der Waals surface area contributed by atoms with Crippen LogP contribution in [0.25, 0.3) is 0 Å². The third-order valence-electron chi connectivity index (χ3n) is 8.51. The number of hydrogen-bond donors (Lipinski definition) is 1. The van der Waals surface area contributed by atoms with E-state index in [0.29, 0.717) is 36.9 Å². The molecule has 0 aromatic heterocycles. The van der Waals surface area contributed by atoms with Gasteiger partial charge < -0.3 is 19.7 Å². The van der Waals surface area contributed by atoms with E-state index in [-0.39, 0.29) is 17.4 Å². The highest BCUT2D eigenvalue weighted by molar-refractivity contribution is 5.83. The Morgan fingerprint density at radius 1 is 0.969 bits per heavy atom. The molecule has 32 heavy (non-hydrogen) atoms. The number of rotatable bonds is 6. The summed E-state index contributed by atoms with van der Waals surface area (Å²) in [5.41, 5.74) is 0.833. The first-order valence-corrected chi connectivity index (χ1v) is 12.3. The van der Waals surface area contributed by atoms with Crippen LogP contribution in [0.2, 0.25) is 0 Å². The number of nitrogens with zero attached hydrogens (tertiary/aromatic N) is 1. The molecule has 4 aliphatic carbocycles. The van der Waals surface area contributed by atoms with Gasteiger partial charge in [0.15, 0.2) is 11.5 Å². The van der Waals surface area contributed by atoms with E-state index in [1.165, 1.54) is 19.3 Å². The fraction of sp³-hybridized carbons (Fsp3) is 0.692. The SMILES string of the molecule is COc1ccc(CC(=O)N2CCC(NC(=O)C34CC5CC(CC(C5)C3)C4)CC2)cc1OC. The molecule has 4 bridgehead atoms. The normalized spacial score (nSPS) is 31.4. The zero-order valence-electron chi connectivity index (χ0n) is 19.4. The van der Waals surface area contributed by atoms with Crippen molar-refractivity contribution in [1.82, 2.24) is 10.2 Å². The zero-order valence-corrected chi connectivity index (χ0v) is 19.4. The Morgan fingerprint density at radius 2 is 1.56 bits per heavy atom. The third-order valence-corrected chi connectivity index (χ3v) is 8.51. The highest BCUT2D eigenvalue weighted by atomic mass is 16.5. The van der Waals surface area contributed by atoms with E-state index in [9.17, 15) is 9.59 Å². The number of benzene rings is 1. The second-order valence-corrected chi connectivity index (χ2v) is 10.7. The predicted molar refractivity (Wildman–Crippen MR) is 122 cm³/mol. The molecule has 6 rings (SSSR count). The molecule has 0 radical (unpaired) electrons. The van der Waals surface area contributed by atoms with Gasteiger partial charge in [-0.2, -0.15) is 0 Å². The minimum absolute atomic E-state index is 0.0882. The topological polar surface area (TPSA) is 67.9 Å². The number of ether oxygens (including phenoxy) is 2. The Balaban J connectivity index is 1.13. The number of carbonyl (C=O) groups is 2. The molecule has 6 heteroatoms. The van der Waals surface area contributed by atoms with Crippen LogP contribution in [0.4, 0.5) is 0 Å². The standard InChI is InChI=1S/C26H36N2O4/c1-31-22-4-3-17(12-23(22)32-2)13-24(29)28-7-5-21(6-8-28)27-25(30)26-14-18-9-19(15-26)11-20(10-18)16-26/h3-4,12,18-21H,5-11,13-16H2,1-2H3,(H,27,30). The van der Waals surface area contributed by atoms with Crippen molar-refractivity contribution >= 4 is 11.8 Å². The van der Waals surface area contributed by atoms with Gasteiger partial charge in [0.25, 0.3) is 0 Å². The predicted octanol–water partition coefficient (Wildman–Crippen LogP) is 3.57. The number of carbonyl (C=O) groups excluding carboxylic acids is 2. The maximum atomic E-state index is 13.3. The van der Waals surface area contributed by atoms with Gasteiger partial charge in [-0.25, -0.2) is 0 Å². The van der Waals surface area contributed by atoms with E-state index in [1.807, 2.05) is 23.1 Å². The van der Waals surface area contributed by atoms with E-state index < -0.39 is 0 Å². The summed E-state index contributed by atoms with van der Waals surface area (Å²) in [6.07, 6.45) is 9.41. The number of likely N-dealkylation sites (tertiary alicyclic amines) is 1. The third kappa shape index (κ3) is 4.08. The first-order chi connectivity index (χ1) is 15.5. The zero-order chi connectivity index (χ0) is 22.3. The second kappa shape index (κ2) is 8.60. The first-order valence-electron chi connectivity index (χ1n) is 12.3. The van der Waals surface area contributed by atoms with Crippen LogP contribution >= 0.6 is 0 Å². The van der Waals surface area contributed by atoms with Crippen molar-refractivity contribution in [1.29, 1.82) is 0 Å². The molecule has 1 saturated heterocycles. The molecular weight excluding hydrogens is 404 g/mol. The maximum absolute atomic E-state index is 13.3. The van der Waals surface area contributed by atoms with E-state index >= 15 is 0 Å². The van der Waals surface area contributed by atoms with Gasteiger partial charge in [0, 0.05) is 24.5 Å². The number of piperidine rings is 1. The lowest BCUT2D eigenvalue weighted by molar-refractivity contribution is -0.147. The lowest BCUT2D eigenvalue weighted by atomic mass is 9.49. The molecule has 1 aromatic carbocycles. The van der Waals surface area contributed by atoms with E-state index in [1.54, 1.807) is 14.2 Å². The van der Waals surface area contributed by atoms with Crippen molar-refractivity contribution < 1.29 is 19.1 Å². The summed E-state index contributed by atoms with van der Waals surface area (Å²) in [6, 6.07) is 5.82. The van der Waals surface area contributed by atoms with Crippen molar-refractivity contribution in [2.24, 2.45) is 23.2 Å². The maximum Gasteiger partial charge on any atom is 0.226 e. The van der Waals surface area contributed by atoms with Gasteiger partial charge in [-0.15, -0.1) is 0 Å². The molecular formula is C26H36N2O4. The van der Waals surface area contributed by atoms with Crippen molar-refractivity contribution in [2.75, 3.05) is 27.3 Å². The molecule has 5 aliphatic rings. The van der Waals surface area contributed by atoms with Crippen molar-refractivity contribution in [3.05, 3.63) is 23.8 Å². The molecule has 1 aromatic rings. The molecule has 4 saturated carbocycles. The van der Waals surface area contributed by atoms with Gasteiger partial charge >= 0.3 is 0 Å². The van der Waals surface area contributed by atoms with Gasteiger partial charge in [0.05, 0.1) is 20.6 Å². The summed E-state index contributed by atoms with van der Waals surface area (Å²) >= 11 is 0. The summed E-state index contributed by atoms with van der Waals surface area (Å²) in [7, 11) is 3.21. The molecule has 0 atom stereocenters. The largest absolute Gasteiger partial charge is 0.493 e. The van der Waals surface area contributed by atoms with Gasteiger partial charge in [-0.05, 0) is 86.8 Å². The summed E-state index contributed by atoms with van der Waals surface area (Å²) < 4.78 is 10.6. The van der Waals surface area contributed by atoms with Crippen LogP contribution < -0.4 is 14.8 Å². The van der Waals surface area contributed by atoms with Crippen LogP contribution in [-0.2, 0) is 16.0 Å². The van der Waals surface area contributed by atoms with Crippen LogP contribution in [0.3, 0.4) is 0 Å². The molecule has 1 N–H and O–H groups in total. The minimum Gasteiger partial charge on any atom is -0.493 e. The fourth-order valence-electron chi connectivity index (χ4n) is 7.28. The summed E-state index contributed by atoms with van der Waals surface area (Å²) in [5.74, 6) is 4.09. The molecule has 0 spiro atoms. The van der Waals surface area contributed by atoms with Crippen LogP contribution in [0.15, 0.2) is 18.2 Å². The van der Waals surface area contributed by atoms with Gasteiger partial charge in [-0.3, -0.25) is 9.59 Å². The Hall–Kier alpha value is -2.24. The summed E-state index contributed by atoms with van der Waals surface area (Å²) in [5, 5.41) is 3.41. The summed E-state index contributed by atoms with van der Waals surface area (Å²) in [6.45, 7) is 1.41. The van der Waals surface area contributed by atoms with E-state index in [4.69, 9.17) is 9.47 Å². The molecule has 2 amide bonds. The van der Waals surface area contributed by atoms with Crippen molar-refractivity contribution in [2.45, 2.75) is 63.8 Å². The highest BCUT2D eigenvalue weighted by Crippen LogP contribution is 2.60. The molecule has 5 fully saturated rings. The Kier molecular flexibility index (Phi) is 5.81. The Morgan fingerprint density at radius 3 is 2.12 bits per heavy atom. The fourth-order valence-corrected chi connectivity index (χ4v) is 7.28. The van der Waals surface area contributed by atoms with Crippen LogP contribution in [0.1, 0.15) is 56.9 Å². The van der Waals surface area contributed by atoms with E-state index in [2.05, 4.69) is 5.32 Å². The van der Waals surface area contributed by atoms with Gasteiger partial charge in [0.2, 0.25) is 11.8 Å². The lowest BCUT2D eigenvalue weighted by Crippen LogP contribution is -2.56. The molecule has 1 heterocycles. The van der Waals surface area contributed by atoms with Gasteiger partial charge in [-0.1, -0.05) is 6.07 Å². The molecule has 1 aliphatic heterocycles. The number of amides is 2. The Bertz CT molecular complexity index is 839. The van der Waals surface area contributed by atoms with Crippen LogP contribution in [0, 0.1) is 23.2 Å². The molecule has 174 valence electrons. The van der Waals surface area contributed by atoms with E-state index in [0.717, 1.165) is 55.4 Å². The van der Waals surface area contributed by atoms with Crippen molar-refractivity contribution in [3.63, 3.8) is 0 Å². The minimum atomic E-state index is -0.0882. The summed E-state index contributed by atoms with van der Waals surface area (Å²) in [4.78, 5) is 28.1. The highest BCUT2D eigenvalue weighted by Gasteiger charge is 2.54. The first kappa shape index (κ1) is 21.6. The number of methoxy groups -OCH3 is 2. The van der Waals surface area contributed by atoms with Crippen LogP contribution in [-0.4, -0.2) is 50.1 Å². The molecule has 0 unspecified atom stereocenters. The molecule has 6 nitrogen and oxygen atoms in total.